The third kappa shape index (κ3) is 10.1. The van der Waals surface area contributed by atoms with Crippen LogP contribution in [0.4, 0.5) is 4.79 Å². The van der Waals surface area contributed by atoms with E-state index in [1.54, 1.807) is 32.5 Å². The quantitative estimate of drug-likeness (QED) is 0.350. The first kappa shape index (κ1) is 30.8. The van der Waals surface area contributed by atoms with Gasteiger partial charge in [-0.3, -0.25) is 9.59 Å². The van der Waals surface area contributed by atoms with Gasteiger partial charge >= 0.3 is 6.09 Å². The molecule has 0 aliphatic rings. The van der Waals surface area contributed by atoms with E-state index in [1.807, 2.05) is 45.2 Å². The number of unbranched alkanes of at least 4 members (excludes halogenated alkanes) is 1. The Bertz CT molecular complexity index is 821. The van der Waals surface area contributed by atoms with Crippen molar-refractivity contribution in [1.82, 2.24) is 15.5 Å². The molecule has 3 amide bonds. The summed E-state index contributed by atoms with van der Waals surface area (Å²) in [6.07, 6.45) is 3.32. The number of hydrogen-bond acceptors (Lipinski definition) is 6. The number of alkyl carbamates (subject to hydrolysis) is 1. The van der Waals surface area contributed by atoms with Gasteiger partial charge in [-0.05, 0) is 76.2 Å². The van der Waals surface area contributed by atoms with Crippen LogP contribution in [0.3, 0.4) is 0 Å². The first-order valence-corrected chi connectivity index (χ1v) is 13.6. The maximum absolute atomic E-state index is 13.9. The molecule has 9 heteroatoms. The minimum absolute atomic E-state index is 0.0514. The Morgan fingerprint density at radius 1 is 1.17 bits per heavy atom. The second kappa shape index (κ2) is 15.0. The molecule has 0 bridgehead atoms. The van der Waals surface area contributed by atoms with Crippen molar-refractivity contribution >= 4 is 29.7 Å². The lowest BCUT2D eigenvalue weighted by molar-refractivity contribution is -0.143. The molecule has 198 valence electrons. The molecule has 0 radical (unpaired) electrons. The molecule has 0 saturated heterocycles. The third-order valence-corrected chi connectivity index (χ3v) is 6.07. The zero-order chi connectivity index (χ0) is 26.6. The fourth-order valence-corrected chi connectivity index (χ4v) is 4.26. The molecule has 0 spiro atoms. The number of aryl methyl sites for hydroxylation is 2. The van der Waals surface area contributed by atoms with Crippen LogP contribution in [0.1, 0.15) is 69.7 Å². The van der Waals surface area contributed by atoms with Crippen molar-refractivity contribution in [3.63, 3.8) is 0 Å². The van der Waals surface area contributed by atoms with Gasteiger partial charge in [-0.15, -0.1) is 0 Å². The van der Waals surface area contributed by atoms with Crippen LogP contribution in [0.25, 0.3) is 0 Å². The molecule has 2 unspecified atom stereocenters. The van der Waals surface area contributed by atoms with Gasteiger partial charge in [0, 0.05) is 13.1 Å². The van der Waals surface area contributed by atoms with Crippen molar-refractivity contribution in [3.05, 3.63) is 34.9 Å². The van der Waals surface area contributed by atoms with Crippen molar-refractivity contribution < 1.29 is 24.2 Å². The van der Waals surface area contributed by atoms with E-state index in [4.69, 9.17) is 4.74 Å². The largest absolute Gasteiger partial charge is 0.444 e. The lowest BCUT2D eigenvalue weighted by Crippen LogP contribution is -2.54. The number of thioether (sulfide) groups is 1. The summed E-state index contributed by atoms with van der Waals surface area (Å²) in [6.45, 7) is 11.2. The Balaban J connectivity index is 3.44. The second-order valence-electron chi connectivity index (χ2n) is 9.59. The molecule has 8 nitrogen and oxygen atoms in total. The van der Waals surface area contributed by atoms with Gasteiger partial charge in [-0.25, -0.2) is 4.79 Å². The molecule has 0 aromatic heterocycles. The highest BCUT2D eigenvalue weighted by Gasteiger charge is 2.37. The summed E-state index contributed by atoms with van der Waals surface area (Å²) < 4.78 is 5.38. The summed E-state index contributed by atoms with van der Waals surface area (Å²) in [4.78, 5) is 41.3. The molecule has 0 fully saturated rings. The predicted molar refractivity (Wildman–Crippen MR) is 142 cm³/mol. The van der Waals surface area contributed by atoms with Gasteiger partial charge in [0.15, 0.2) is 0 Å². The van der Waals surface area contributed by atoms with E-state index in [1.165, 1.54) is 4.90 Å². The Labute approximate surface area is 214 Å². The minimum atomic E-state index is -0.940. The van der Waals surface area contributed by atoms with Crippen molar-refractivity contribution in [1.29, 1.82) is 0 Å². The molecule has 0 saturated carbocycles. The first-order valence-electron chi connectivity index (χ1n) is 12.2. The number of ether oxygens (including phenoxy) is 1. The zero-order valence-corrected chi connectivity index (χ0v) is 23.1. The van der Waals surface area contributed by atoms with Crippen LogP contribution in [-0.4, -0.2) is 71.3 Å². The van der Waals surface area contributed by atoms with E-state index in [-0.39, 0.29) is 19.1 Å². The van der Waals surface area contributed by atoms with Gasteiger partial charge in [-0.2, -0.15) is 11.8 Å². The number of aliphatic hydroxyl groups is 1. The maximum Gasteiger partial charge on any atom is 0.408 e. The van der Waals surface area contributed by atoms with E-state index < -0.39 is 29.7 Å². The molecule has 0 heterocycles. The minimum Gasteiger partial charge on any atom is -0.444 e. The fraction of sp³-hybridized carbons (Fsp3) is 0.654. The van der Waals surface area contributed by atoms with Crippen molar-refractivity contribution in [2.75, 3.05) is 31.7 Å². The molecular formula is C26H43N3O5S. The van der Waals surface area contributed by atoms with E-state index in [0.717, 1.165) is 29.5 Å². The molecule has 2 atom stereocenters. The maximum atomic E-state index is 13.9. The van der Waals surface area contributed by atoms with Gasteiger partial charge in [-0.1, -0.05) is 31.5 Å². The monoisotopic (exact) mass is 509 g/mol. The molecule has 35 heavy (non-hydrogen) atoms. The van der Waals surface area contributed by atoms with Crippen molar-refractivity contribution in [2.24, 2.45) is 0 Å². The van der Waals surface area contributed by atoms with Crippen LogP contribution in [0.2, 0.25) is 0 Å². The number of carbonyl (C=O) groups is 3. The van der Waals surface area contributed by atoms with E-state index in [0.29, 0.717) is 18.7 Å². The van der Waals surface area contributed by atoms with Gasteiger partial charge in [0.05, 0.1) is 6.61 Å². The molecular weight excluding hydrogens is 466 g/mol. The Morgan fingerprint density at radius 2 is 1.80 bits per heavy atom. The number of rotatable bonds is 13. The zero-order valence-electron chi connectivity index (χ0n) is 22.3. The predicted octanol–water partition coefficient (Wildman–Crippen LogP) is 3.73. The average Bonchev–Trinajstić information content (AvgIpc) is 2.76. The van der Waals surface area contributed by atoms with Gasteiger partial charge in [0.2, 0.25) is 11.8 Å². The SMILES string of the molecule is CCCCNC(=O)C(c1c(C)cccc1C)N(CCO)C(=O)C(CCSC)NC(=O)OC(C)(C)C. The fourth-order valence-electron chi connectivity index (χ4n) is 3.79. The highest BCUT2D eigenvalue weighted by atomic mass is 32.2. The van der Waals surface area contributed by atoms with E-state index >= 15 is 0 Å². The topological polar surface area (TPSA) is 108 Å². The highest BCUT2D eigenvalue weighted by molar-refractivity contribution is 7.98. The van der Waals surface area contributed by atoms with Gasteiger partial charge in [0.1, 0.15) is 17.7 Å². The number of amides is 3. The number of nitrogens with zero attached hydrogens (tertiary/aromatic N) is 1. The van der Waals surface area contributed by atoms with E-state index in [2.05, 4.69) is 10.6 Å². The lowest BCUT2D eigenvalue weighted by atomic mass is 9.93. The van der Waals surface area contributed by atoms with Crippen LogP contribution in [0.5, 0.6) is 0 Å². The Kier molecular flexibility index (Phi) is 13.2. The average molecular weight is 510 g/mol. The number of carbonyl (C=O) groups excluding carboxylic acids is 3. The Morgan fingerprint density at radius 3 is 2.31 bits per heavy atom. The molecule has 0 aliphatic heterocycles. The van der Waals surface area contributed by atoms with Crippen molar-refractivity contribution in [2.45, 2.75) is 78.5 Å². The first-order chi connectivity index (χ1) is 16.5. The molecule has 0 aliphatic carbocycles. The number of nitrogens with one attached hydrogen (secondary N) is 2. The second-order valence-corrected chi connectivity index (χ2v) is 10.6. The number of benzene rings is 1. The summed E-state index contributed by atoms with van der Waals surface area (Å²) in [5.74, 6) is -0.119. The molecule has 3 N–H and O–H groups in total. The van der Waals surface area contributed by atoms with Crippen LogP contribution >= 0.6 is 11.8 Å². The van der Waals surface area contributed by atoms with E-state index in [9.17, 15) is 19.5 Å². The Hall–Kier alpha value is -2.26. The van der Waals surface area contributed by atoms with Gasteiger partial charge in [0.25, 0.3) is 0 Å². The normalized spacial score (nSPS) is 13.0. The van der Waals surface area contributed by atoms with Crippen molar-refractivity contribution in [3.8, 4) is 0 Å². The summed E-state index contributed by atoms with van der Waals surface area (Å²) in [5.41, 5.74) is 1.75. The molecule has 1 aromatic carbocycles. The number of aliphatic hydroxyl groups excluding tert-OH is 1. The smallest absolute Gasteiger partial charge is 0.408 e. The van der Waals surface area contributed by atoms with Crippen LogP contribution in [0.15, 0.2) is 18.2 Å². The summed E-state index contributed by atoms with van der Waals surface area (Å²) >= 11 is 1.55. The van der Waals surface area contributed by atoms with Crippen LogP contribution in [0, 0.1) is 13.8 Å². The summed E-state index contributed by atoms with van der Waals surface area (Å²) in [6, 6.07) is 3.87. The third-order valence-electron chi connectivity index (χ3n) is 5.43. The lowest BCUT2D eigenvalue weighted by Gasteiger charge is -2.35. The highest BCUT2D eigenvalue weighted by Crippen LogP contribution is 2.29. The number of hydrogen-bond donors (Lipinski definition) is 3. The molecule has 1 aromatic rings. The summed E-state index contributed by atoms with van der Waals surface area (Å²) in [7, 11) is 0. The van der Waals surface area contributed by atoms with Crippen LogP contribution in [-0.2, 0) is 14.3 Å². The standard InChI is InChI=1S/C26H43N3O5S/c1-8-9-14-27-23(31)22(21-18(2)11-10-12-19(21)3)29(15-16-30)24(32)20(13-17-35-7)28-25(33)34-26(4,5)6/h10-12,20,22,30H,8-9,13-17H2,1-7H3,(H,27,31)(H,28,33). The summed E-state index contributed by atoms with van der Waals surface area (Å²) in [5, 5.41) is 15.5. The van der Waals surface area contributed by atoms with Crippen LogP contribution < -0.4 is 10.6 Å². The molecule has 1 rings (SSSR count). The van der Waals surface area contributed by atoms with Gasteiger partial charge < -0.3 is 25.4 Å².